The molecule has 1 aromatic carbocycles. The van der Waals surface area contributed by atoms with Crippen LogP contribution in [0.2, 0.25) is 0 Å². The third-order valence-electron chi connectivity index (χ3n) is 3.35. The summed E-state index contributed by atoms with van der Waals surface area (Å²) in [6, 6.07) is 4.10. The summed E-state index contributed by atoms with van der Waals surface area (Å²) in [5.41, 5.74) is 4.23. The molecule has 3 aromatic rings. The minimum Gasteiger partial charge on any atom is -0.423 e. The molecule has 0 radical (unpaired) electrons. The number of fused-ring (bicyclic) bond motifs is 1. The van der Waals surface area contributed by atoms with E-state index >= 15 is 0 Å². The van der Waals surface area contributed by atoms with Gasteiger partial charge in [-0.3, -0.25) is 0 Å². The molecule has 0 fully saturated rings. The zero-order valence-corrected chi connectivity index (χ0v) is 11.3. The monoisotopic (exact) mass is 256 g/mol. The second-order valence-corrected chi connectivity index (χ2v) is 4.74. The van der Waals surface area contributed by atoms with Crippen molar-refractivity contribution in [3.05, 3.63) is 29.9 Å². The summed E-state index contributed by atoms with van der Waals surface area (Å²) in [6.07, 6.45) is 3.42. The molecule has 0 unspecified atom stereocenters. The smallest absolute Gasteiger partial charge is 0.247 e. The fourth-order valence-corrected chi connectivity index (χ4v) is 2.37. The highest BCUT2D eigenvalue weighted by atomic mass is 16.4. The summed E-state index contributed by atoms with van der Waals surface area (Å²) < 4.78 is 7.41. The van der Waals surface area contributed by atoms with Gasteiger partial charge in [0.15, 0.2) is 0 Å². The summed E-state index contributed by atoms with van der Waals surface area (Å²) in [4.78, 5) is 4.72. The van der Waals surface area contributed by atoms with Gasteiger partial charge < -0.3 is 8.98 Å². The molecule has 2 heterocycles. The molecular weight excluding hydrogens is 240 g/mol. The van der Waals surface area contributed by atoms with Crippen LogP contribution in [-0.2, 0) is 13.5 Å². The third kappa shape index (κ3) is 1.91. The van der Waals surface area contributed by atoms with Gasteiger partial charge in [-0.1, -0.05) is 6.92 Å². The average Bonchev–Trinajstić information content (AvgIpc) is 3.01. The van der Waals surface area contributed by atoms with Gasteiger partial charge in [0.1, 0.15) is 5.82 Å². The summed E-state index contributed by atoms with van der Waals surface area (Å²) in [5, 5.41) is 7.69. The number of hydrogen-bond donors (Lipinski definition) is 0. The molecule has 0 spiro atoms. The fourth-order valence-electron chi connectivity index (χ4n) is 2.37. The summed E-state index contributed by atoms with van der Waals surface area (Å²) in [6.45, 7) is 4.22. The maximum Gasteiger partial charge on any atom is 0.247 e. The van der Waals surface area contributed by atoms with Crippen molar-refractivity contribution in [3.8, 4) is 11.5 Å². The van der Waals surface area contributed by atoms with Crippen molar-refractivity contribution in [1.29, 1.82) is 0 Å². The maximum absolute atomic E-state index is 5.27. The first-order valence-electron chi connectivity index (χ1n) is 6.43. The van der Waals surface area contributed by atoms with Crippen LogP contribution in [0.4, 0.5) is 0 Å². The average molecular weight is 256 g/mol. The number of aromatic nitrogens is 4. The van der Waals surface area contributed by atoms with Gasteiger partial charge in [-0.15, -0.1) is 10.2 Å². The van der Waals surface area contributed by atoms with Crippen LogP contribution in [0.15, 0.2) is 22.9 Å². The zero-order valence-electron chi connectivity index (χ0n) is 11.3. The SMILES string of the molecule is CCCc1nc2c(C)cc(-c3nnco3)cc2n1C. The first-order chi connectivity index (χ1) is 9.20. The lowest BCUT2D eigenvalue weighted by atomic mass is 10.1. The molecule has 5 heteroatoms. The Bertz CT molecular complexity index is 713. The Balaban J connectivity index is 2.22. The Morgan fingerprint density at radius 3 is 2.84 bits per heavy atom. The first-order valence-corrected chi connectivity index (χ1v) is 6.43. The van der Waals surface area contributed by atoms with E-state index in [1.54, 1.807) is 0 Å². The van der Waals surface area contributed by atoms with Gasteiger partial charge in [-0.2, -0.15) is 0 Å². The van der Waals surface area contributed by atoms with Crippen LogP contribution in [0.5, 0.6) is 0 Å². The number of benzene rings is 1. The lowest BCUT2D eigenvalue weighted by molar-refractivity contribution is 0.568. The molecule has 0 amide bonds. The molecule has 5 nitrogen and oxygen atoms in total. The molecule has 3 rings (SSSR count). The second kappa shape index (κ2) is 4.50. The lowest BCUT2D eigenvalue weighted by Crippen LogP contribution is -1.96. The van der Waals surface area contributed by atoms with Gasteiger partial charge in [0.05, 0.1) is 11.0 Å². The van der Waals surface area contributed by atoms with E-state index in [2.05, 4.69) is 41.7 Å². The van der Waals surface area contributed by atoms with Crippen molar-refractivity contribution in [3.63, 3.8) is 0 Å². The summed E-state index contributed by atoms with van der Waals surface area (Å²) in [5.74, 6) is 1.66. The molecular formula is C14H16N4O. The van der Waals surface area contributed by atoms with E-state index < -0.39 is 0 Å². The van der Waals surface area contributed by atoms with E-state index in [-0.39, 0.29) is 0 Å². The number of hydrogen-bond acceptors (Lipinski definition) is 4. The molecule has 2 aromatic heterocycles. The van der Waals surface area contributed by atoms with E-state index in [9.17, 15) is 0 Å². The molecule has 98 valence electrons. The van der Waals surface area contributed by atoms with Crippen LogP contribution in [-0.4, -0.2) is 19.7 Å². The highest BCUT2D eigenvalue weighted by molar-refractivity contribution is 5.84. The normalized spacial score (nSPS) is 11.3. The summed E-state index contributed by atoms with van der Waals surface area (Å²) in [7, 11) is 2.05. The van der Waals surface area contributed by atoms with Gasteiger partial charge in [-0.25, -0.2) is 4.98 Å². The molecule has 0 aliphatic heterocycles. The molecule has 19 heavy (non-hydrogen) atoms. The molecule has 0 atom stereocenters. The van der Waals surface area contributed by atoms with E-state index in [1.807, 2.05) is 6.07 Å². The minimum atomic E-state index is 0.545. The fraction of sp³-hybridized carbons (Fsp3) is 0.357. The van der Waals surface area contributed by atoms with Crippen molar-refractivity contribution in [2.45, 2.75) is 26.7 Å². The highest BCUT2D eigenvalue weighted by Crippen LogP contribution is 2.26. The zero-order chi connectivity index (χ0) is 13.4. The van der Waals surface area contributed by atoms with Gasteiger partial charge in [0.2, 0.25) is 12.3 Å². The first kappa shape index (κ1) is 11.9. The Labute approximate surface area is 111 Å². The van der Waals surface area contributed by atoms with Crippen LogP contribution in [0, 0.1) is 6.92 Å². The lowest BCUT2D eigenvalue weighted by Gasteiger charge is -2.02. The van der Waals surface area contributed by atoms with Crippen LogP contribution in [0.3, 0.4) is 0 Å². The molecule has 0 aliphatic carbocycles. The van der Waals surface area contributed by atoms with E-state index in [1.165, 1.54) is 6.39 Å². The van der Waals surface area contributed by atoms with Crippen molar-refractivity contribution >= 4 is 11.0 Å². The van der Waals surface area contributed by atoms with E-state index in [0.29, 0.717) is 5.89 Å². The Morgan fingerprint density at radius 1 is 1.32 bits per heavy atom. The Hall–Kier alpha value is -2.17. The second-order valence-electron chi connectivity index (χ2n) is 4.74. The van der Waals surface area contributed by atoms with Crippen molar-refractivity contribution in [1.82, 2.24) is 19.7 Å². The van der Waals surface area contributed by atoms with Crippen molar-refractivity contribution in [2.24, 2.45) is 7.05 Å². The van der Waals surface area contributed by atoms with Crippen molar-refractivity contribution < 1.29 is 4.42 Å². The Kier molecular flexibility index (Phi) is 2.81. The standard InChI is InChI=1S/C14H16N4O/c1-4-5-12-16-13-9(2)6-10(7-11(13)18(12)3)14-17-15-8-19-14/h6-8H,4-5H2,1-3H3. The van der Waals surface area contributed by atoms with Crippen LogP contribution < -0.4 is 0 Å². The largest absolute Gasteiger partial charge is 0.423 e. The van der Waals surface area contributed by atoms with Crippen LogP contribution >= 0.6 is 0 Å². The predicted molar refractivity (Wildman–Crippen MR) is 72.7 cm³/mol. The number of rotatable bonds is 3. The van der Waals surface area contributed by atoms with Crippen LogP contribution in [0.1, 0.15) is 24.7 Å². The minimum absolute atomic E-state index is 0.545. The quantitative estimate of drug-likeness (QED) is 0.723. The Morgan fingerprint density at radius 2 is 2.16 bits per heavy atom. The molecule has 0 N–H and O–H groups in total. The molecule has 0 saturated heterocycles. The number of nitrogens with zero attached hydrogens (tertiary/aromatic N) is 4. The number of imidazole rings is 1. The maximum atomic E-state index is 5.27. The topological polar surface area (TPSA) is 56.7 Å². The van der Waals surface area contributed by atoms with E-state index in [0.717, 1.165) is 40.8 Å². The van der Waals surface area contributed by atoms with Crippen LogP contribution in [0.25, 0.3) is 22.5 Å². The number of aryl methyl sites for hydroxylation is 3. The highest BCUT2D eigenvalue weighted by Gasteiger charge is 2.13. The molecule has 0 aliphatic rings. The molecule has 0 bridgehead atoms. The van der Waals surface area contributed by atoms with Gasteiger partial charge in [0.25, 0.3) is 0 Å². The van der Waals surface area contributed by atoms with E-state index in [4.69, 9.17) is 9.40 Å². The van der Waals surface area contributed by atoms with Crippen molar-refractivity contribution in [2.75, 3.05) is 0 Å². The third-order valence-corrected chi connectivity index (χ3v) is 3.35. The van der Waals surface area contributed by atoms with Gasteiger partial charge >= 0.3 is 0 Å². The van der Waals surface area contributed by atoms with Gasteiger partial charge in [0, 0.05) is 19.0 Å². The summed E-state index contributed by atoms with van der Waals surface area (Å²) >= 11 is 0. The van der Waals surface area contributed by atoms with Gasteiger partial charge in [-0.05, 0) is 31.0 Å². The predicted octanol–water partition coefficient (Wildman–Crippen LogP) is 2.88. The molecule has 0 saturated carbocycles.